The van der Waals surface area contributed by atoms with Crippen molar-refractivity contribution >= 4 is 21.6 Å². The summed E-state index contributed by atoms with van der Waals surface area (Å²) in [6.07, 6.45) is -0.556. The minimum Gasteiger partial charge on any atom is -0.489 e. The molecule has 0 saturated carbocycles. The number of halogens is 1. The van der Waals surface area contributed by atoms with Crippen LogP contribution in [-0.2, 0) is 6.61 Å². The van der Waals surface area contributed by atoms with Crippen molar-refractivity contribution < 1.29 is 14.8 Å². The number of hydrogen-bond acceptors (Lipinski definition) is 4. The van der Waals surface area contributed by atoms with E-state index in [1.807, 2.05) is 12.1 Å². The Balaban J connectivity index is 2.09. The van der Waals surface area contributed by atoms with Crippen molar-refractivity contribution in [3.63, 3.8) is 0 Å². The fourth-order valence-corrected chi connectivity index (χ4v) is 2.27. The second kappa shape index (κ2) is 6.69. The second-order valence-corrected chi connectivity index (χ2v) is 5.42. The molecular weight excluding hydrogens is 338 g/mol. The minimum absolute atomic E-state index is 0.0294. The molecule has 6 heteroatoms. The van der Waals surface area contributed by atoms with Gasteiger partial charge in [-0.1, -0.05) is 28.1 Å². The molecule has 0 aliphatic heterocycles. The van der Waals surface area contributed by atoms with Gasteiger partial charge in [0.1, 0.15) is 12.4 Å². The zero-order valence-electron chi connectivity index (χ0n) is 11.3. The lowest BCUT2D eigenvalue weighted by molar-refractivity contribution is -0.384. The predicted molar refractivity (Wildman–Crippen MR) is 82.2 cm³/mol. The van der Waals surface area contributed by atoms with Gasteiger partial charge in [-0.3, -0.25) is 10.1 Å². The smallest absolute Gasteiger partial charge is 0.270 e. The summed E-state index contributed by atoms with van der Waals surface area (Å²) >= 11 is 3.30. The number of nitro groups is 1. The summed E-state index contributed by atoms with van der Waals surface area (Å²) < 4.78 is 6.28. The molecule has 2 aromatic carbocycles. The molecule has 0 fully saturated rings. The van der Waals surface area contributed by atoms with Crippen LogP contribution < -0.4 is 4.74 Å². The molecule has 5 nitrogen and oxygen atoms in total. The van der Waals surface area contributed by atoms with Gasteiger partial charge in [0.25, 0.3) is 5.69 Å². The molecule has 21 heavy (non-hydrogen) atoms. The van der Waals surface area contributed by atoms with E-state index in [-0.39, 0.29) is 12.3 Å². The molecule has 2 rings (SSSR count). The van der Waals surface area contributed by atoms with Gasteiger partial charge in [0.15, 0.2) is 0 Å². The van der Waals surface area contributed by atoms with Gasteiger partial charge in [0.2, 0.25) is 0 Å². The Hall–Kier alpha value is -1.92. The molecule has 0 aliphatic rings. The number of benzene rings is 2. The van der Waals surface area contributed by atoms with E-state index in [4.69, 9.17) is 4.74 Å². The summed E-state index contributed by atoms with van der Waals surface area (Å²) in [5, 5.41) is 20.2. The van der Waals surface area contributed by atoms with Crippen LogP contribution in [0.1, 0.15) is 24.2 Å². The van der Waals surface area contributed by atoms with Crippen LogP contribution in [0.2, 0.25) is 0 Å². The fourth-order valence-electron chi connectivity index (χ4n) is 1.79. The van der Waals surface area contributed by atoms with Crippen molar-refractivity contribution in [2.75, 3.05) is 0 Å². The van der Waals surface area contributed by atoms with Gasteiger partial charge in [-0.2, -0.15) is 0 Å². The lowest BCUT2D eigenvalue weighted by Crippen LogP contribution is -1.99. The standard InChI is InChI=1S/C15H14BrNO4/c1-10(18)11-3-2-4-14(7-11)21-9-12-5-6-13(17(19)20)8-15(12)16/h2-8,10,18H,9H2,1H3/t10-/m1/s1. The van der Waals surface area contributed by atoms with Crippen LogP contribution in [0.4, 0.5) is 5.69 Å². The third-order valence-corrected chi connectivity index (χ3v) is 3.72. The Bertz CT molecular complexity index is 658. The Morgan fingerprint density at radius 1 is 1.33 bits per heavy atom. The molecule has 1 atom stereocenters. The highest BCUT2D eigenvalue weighted by molar-refractivity contribution is 9.10. The first-order chi connectivity index (χ1) is 9.97. The first kappa shape index (κ1) is 15.5. The lowest BCUT2D eigenvalue weighted by atomic mass is 10.1. The van der Waals surface area contributed by atoms with Crippen LogP contribution >= 0.6 is 15.9 Å². The zero-order valence-corrected chi connectivity index (χ0v) is 12.9. The first-order valence-corrected chi connectivity index (χ1v) is 7.10. The van der Waals surface area contributed by atoms with Gasteiger partial charge in [0.05, 0.1) is 11.0 Å². The third-order valence-electron chi connectivity index (χ3n) is 2.98. The molecule has 1 N–H and O–H groups in total. The van der Waals surface area contributed by atoms with E-state index in [1.54, 1.807) is 25.1 Å². The summed E-state index contributed by atoms with van der Waals surface area (Å²) in [5.41, 5.74) is 1.61. The van der Waals surface area contributed by atoms with Crippen molar-refractivity contribution in [3.05, 3.63) is 68.2 Å². The highest BCUT2D eigenvalue weighted by Crippen LogP contribution is 2.25. The summed E-state index contributed by atoms with van der Waals surface area (Å²) in [6, 6.07) is 11.7. The normalized spacial score (nSPS) is 12.0. The Kier molecular flexibility index (Phi) is 4.93. The molecule has 0 radical (unpaired) electrons. The average Bonchev–Trinajstić information content (AvgIpc) is 2.46. The molecule has 0 unspecified atom stereocenters. The highest BCUT2D eigenvalue weighted by Gasteiger charge is 2.10. The molecule has 0 heterocycles. The largest absolute Gasteiger partial charge is 0.489 e. The summed E-state index contributed by atoms with van der Waals surface area (Å²) in [5.74, 6) is 0.638. The number of aliphatic hydroxyl groups is 1. The molecule has 0 aromatic heterocycles. The van der Waals surface area contributed by atoms with E-state index < -0.39 is 11.0 Å². The topological polar surface area (TPSA) is 72.6 Å². The number of hydrogen-bond donors (Lipinski definition) is 1. The summed E-state index contributed by atoms with van der Waals surface area (Å²) in [4.78, 5) is 10.2. The van der Waals surface area contributed by atoms with Crippen molar-refractivity contribution in [1.82, 2.24) is 0 Å². The molecule has 0 saturated heterocycles. The third kappa shape index (κ3) is 4.03. The Labute approximate surface area is 130 Å². The molecule has 0 spiro atoms. The van der Waals surface area contributed by atoms with Crippen LogP contribution in [0, 0.1) is 10.1 Å². The van der Waals surface area contributed by atoms with Gasteiger partial charge in [-0.25, -0.2) is 0 Å². The van der Waals surface area contributed by atoms with E-state index in [0.717, 1.165) is 11.1 Å². The number of ether oxygens (including phenoxy) is 1. The summed E-state index contributed by atoms with van der Waals surface area (Å²) in [6.45, 7) is 1.97. The number of rotatable bonds is 5. The van der Waals surface area contributed by atoms with E-state index in [2.05, 4.69) is 15.9 Å². The fraction of sp³-hybridized carbons (Fsp3) is 0.200. The van der Waals surface area contributed by atoms with Crippen molar-refractivity contribution in [2.24, 2.45) is 0 Å². The maximum Gasteiger partial charge on any atom is 0.270 e. The second-order valence-electron chi connectivity index (χ2n) is 4.57. The minimum atomic E-state index is -0.556. The maximum absolute atomic E-state index is 10.7. The average molecular weight is 352 g/mol. The SMILES string of the molecule is C[C@@H](O)c1cccc(OCc2ccc([N+](=O)[O-])cc2Br)c1. The van der Waals surface area contributed by atoms with Crippen molar-refractivity contribution in [2.45, 2.75) is 19.6 Å². The predicted octanol–water partition coefficient (Wildman–Crippen LogP) is 3.99. The molecule has 110 valence electrons. The van der Waals surface area contributed by atoms with Crippen LogP contribution in [0.25, 0.3) is 0 Å². The van der Waals surface area contributed by atoms with Crippen LogP contribution in [0.5, 0.6) is 5.75 Å². The van der Waals surface area contributed by atoms with Crippen molar-refractivity contribution in [3.8, 4) is 5.75 Å². The number of non-ortho nitro benzene ring substituents is 1. The van der Waals surface area contributed by atoms with E-state index in [0.29, 0.717) is 10.2 Å². The molecule has 2 aromatic rings. The highest BCUT2D eigenvalue weighted by atomic mass is 79.9. The lowest BCUT2D eigenvalue weighted by Gasteiger charge is -2.10. The van der Waals surface area contributed by atoms with E-state index in [9.17, 15) is 15.2 Å². The van der Waals surface area contributed by atoms with Crippen molar-refractivity contribution in [1.29, 1.82) is 0 Å². The number of nitro benzene ring substituents is 1. The molecule has 0 amide bonds. The van der Waals surface area contributed by atoms with E-state index in [1.165, 1.54) is 12.1 Å². The van der Waals surface area contributed by atoms with Crippen LogP contribution in [-0.4, -0.2) is 10.0 Å². The zero-order chi connectivity index (χ0) is 15.4. The van der Waals surface area contributed by atoms with Gasteiger partial charge in [0, 0.05) is 22.2 Å². The van der Waals surface area contributed by atoms with Crippen LogP contribution in [0.15, 0.2) is 46.9 Å². The van der Waals surface area contributed by atoms with Gasteiger partial charge < -0.3 is 9.84 Å². The maximum atomic E-state index is 10.7. The molecule has 0 bridgehead atoms. The first-order valence-electron chi connectivity index (χ1n) is 6.31. The van der Waals surface area contributed by atoms with Gasteiger partial charge in [-0.15, -0.1) is 0 Å². The van der Waals surface area contributed by atoms with E-state index >= 15 is 0 Å². The number of nitrogens with zero attached hydrogens (tertiary/aromatic N) is 1. The molecule has 0 aliphatic carbocycles. The van der Waals surface area contributed by atoms with Crippen LogP contribution in [0.3, 0.4) is 0 Å². The Morgan fingerprint density at radius 2 is 2.10 bits per heavy atom. The quantitative estimate of drug-likeness (QED) is 0.652. The summed E-state index contributed by atoms with van der Waals surface area (Å²) in [7, 11) is 0. The Morgan fingerprint density at radius 3 is 2.71 bits per heavy atom. The molecular formula is C15H14BrNO4. The van der Waals surface area contributed by atoms with Gasteiger partial charge >= 0.3 is 0 Å². The monoisotopic (exact) mass is 351 g/mol. The number of aliphatic hydroxyl groups excluding tert-OH is 1. The van der Waals surface area contributed by atoms with Gasteiger partial charge in [-0.05, 0) is 30.7 Å².